The number of rotatable bonds is 6. The highest BCUT2D eigenvalue weighted by molar-refractivity contribution is 5.80. The quantitative estimate of drug-likeness (QED) is 0.724. The highest BCUT2D eigenvalue weighted by Crippen LogP contribution is 2.00. The van der Waals surface area contributed by atoms with Crippen molar-refractivity contribution in [3.63, 3.8) is 0 Å². The largest absolute Gasteiger partial charge is 0.335 e. The van der Waals surface area contributed by atoms with Gasteiger partial charge in [-0.1, -0.05) is 0 Å². The van der Waals surface area contributed by atoms with Gasteiger partial charge in [0.25, 0.3) is 0 Å². The van der Waals surface area contributed by atoms with Crippen molar-refractivity contribution in [3.8, 4) is 0 Å². The molecular weight excluding hydrogens is 178 g/mol. The van der Waals surface area contributed by atoms with Gasteiger partial charge >= 0.3 is 0 Å². The van der Waals surface area contributed by atoms with Gasteiger partial charge in [-0.3, -0.25) is 4.79 Å². The van der Waals surface area contributed by atoms with Gasteiger partial charge < -0.3 is 9.88 Å². The van der Waals surface area contributed by atoms with E-state index >= 15 is 0 Å². The van der Waals surface area contributed by atoms with Crippen LogP contribution in [-0.4, -0.2) is 28.9 Å². The van der Waals surface area contributed by atoms with Crippen LogP contribution in [0.15, 0.2) is 12.4 Å². The third-order valence-corrected chi connectivity index (χ3v) is 2.15. The summed E-state index contributed by atoms with van der Waals surface area (Å²) in [5, 5.41) is 2.96. The predicted octanol–water partition coefficient (Wildman–Crippen LogP) is 0.624. The van der Waals surface area contributed by atoms with Crippen molar-refractivity contribution in [3.05, 3.63) is 18.2 Å². The zero-order chi connectivity index (χ0) is 10.4. The molecule has 4 heteroatoms. The number of nitrogens with zero attached hydrogens (tertiary/aromatic N) is 2. The first-order chi connectivity index (χ1) is 6.77. The molecule has 1 N–H and O–H groups in total. The number of aromatic nitrogens is 2. The first-order valence-corrected chi connectivity index (χ1v) is 4.94. The van der Waals surface area contributed by atoms with Crippen molar-refractivity contribution in [2.45, 2.75) is 26.3 Å². The van der Waals surface area contributed by atoms with E-state index in [1.165, 1.54) is 0 Å². The molecule has 1 aromatic heterocycles. The second kappa shape index (κ2) is 5.54. The van der Waals surface area contributed by atoms with Crippen molar-refractivity contribution in [2.24, 2.45) is 0 Å². The maximum absolute atomic E-state index is 11.4. The van der Waals surface area contributed by atoms with Crippen LogP contribution < -0.4 is 5.32 Å². The molecule has 0 amide bonds. The summed E-state index contributed by atoms with van der Waals surface area (Å²) in [5.74, 6) is 1.11. The zero-order valence-corrected chi connectivity index (χ0v) is 8.79. The zero-order valence-electron chi connectivity index (χ0n) is 8.79. The molecule has 0 spiro atoms. The Bertz CT molecular complexity index is 293. The summed E-state index contributed by atoms with van der Waals surface area (Å²) in [4.78, 5) is 15.6. The molecule has 14 heavy (non-hydrogen) atoms. The monoisotopic (exact) mass is 195 g/mol. The van der Waals surface area contributed by atoms with Gasteiger partial charge in [-0.2, -0.15) is 0 Å². The van der Waals surface area contributed by atoms with Crippen LogP contribution in [0.3, 0.4) is 0 Å². The molecular formula is C10H17N3O. The second-order valence-corrected chi connectivity index (χ2v) is 3.20. The van der Waals surface area contributed by atoms with E-state index in [9.17, 15) is 4.79 Å². The van der Waals surface area contributed by atoms with Crippen LogP contribution in [-0.2, 0) is 17.8 Å². The van der Waals surface area contributed by atoms with E-state index in [-0.39, 0.29) is 5.78 Å². The van der Waals surface area contributed by atoms with Crippen molar-refractivity contribution >= 4 is 5.78 Å². The summed E-state index contributed by atoms with van der Waals surface area (Å²) in [6.45, 7) is 3.66. The summed E-state index contributed by atoms with van der Waals surface area (Å²) in [6, 6.07) is 0. The van der Waals surface area contributed by atoms with Gasteiger partial charge in [0.05, 0.1) is 6.42 Å². The lowest BCUT2D eigenvalue weighted by atomic mass is 10.2. The highest BCUT2D eigenvalue weighted by atomic mass is 16.1. The van der Waals surface area contributed by atoms with E-state index in [0.29, 0.717) is 12.8 Å². The highest BCUT2D eigenvalue weighted by Gasteiger charge is 2.07. The maximum Gasteiger partial charge on any atom is 0.141 e. The molecule has 78 valence electrons. The maximum atomic E-state index is 11.4. The molecule has 0 aliphatic carbocycles. The molecule has 0 saturated carbocycles. The minimum atomic E-state index is 0.236. The standard InChI is InChI=1S/C10H17N3O/c1-3-13-7-6-12-10(13)8-9(14)4-5-11-2/h6-7,11H,3-5,8H2,1-2H3. The van der Waals surface area contributed by atoms with E-state index in [1.54, 1.807) is 6.20 Å². The van der Waals surface area contributed by atoms with Gasteiger partial charge in [-0.25, -0.2) is 4.98 Å². The van der Waals surface area contributed by atoms with Gasteiger partial charge in [0.15, 0.2) is 0 Å². The van der Waals surface area contributed by atoms with Crippen molar-refractivity contribution in [1.29, 1.82) is 0 Å². The predicted molar refractivity (Wildman–Crippen MR) is 55.2 cm³/mol. The van der Waals surface area contributed by atoms with Gasteiger partial charge in [-0.05, 0) is 14.0 Å². The Hall–Kier alpha value is -1.16. The lowest BCUT2D eigenvalue weighted by molar-refractivity contribution is -0.118. The lowest BCUT2D eigenvalue weighted by Crippen LogP contribution is -2.16. The molecule has 4 nitrogen and oxygen atoms in total. The molecule has 1 aromatic rings. The fourth-order valence-corrected chi connectivity index (χ4v) is 1.32. The average Bonchev–Trinajstić information content (AvgIpc) is 2.62. The SMILES string of the molecule is CCn1ccnc1CC(=O)CCNC. The smallest absolute Gasteiger partial charge is 0.141 e. The summed E-state index contributed by atoms with van der Waals surface area (Å²) in [5.41, 5.74) is 0. The van der Waals surface area contributed by atoms with Gasteiger partial charge in [-0.15, -0.1) is 0 Å². The molecule has 0 radical (unpaired) electrons. The van der Waals surface area contributed by atoms with Crippen molar-refractivity contribution < 1.29 is 4.79 Å². The molecule has 0 fully saturated rings. The number of hydrogen-bond acceptors (Lipinski definition) is 3. The number of ketones is 1. The van der Waals surface area contributed by atoms with Gasteiger partial charge in [0, 0.05) is 31.9 Å². The molecule has 1 heterocycles. The lowest BCUT2D eigenvalue weighted by Gasteiger charge is -2.03. The van der Waals surface area contributed by atoms with Crippen LogP contribution in [0.5, 0.6) is 0 Å². The molecule has 0 atom stereocenters. The third-order valence-electron chi connectivity index (χ3n) is 2.15. The summed E-state index contributed by atoms with van der Waals surface area (Å²) in [6.07, 6.45) is 4.67. The molecule has 0 unspecified atom stereocenters. The summed E-state index contributed by atoms with van der Waals surface area (Å²) in [7, 11) is 1.85. The van der Waals surface area contributed by atoms with E-state index < -0.39 is 0 Å². The number of imidazole rings is 1. The fraction of sp³-hybridized carbons (Fsp3) is 0.600. The number of carbonyl (C=O) groups is 1. The number of Topliss-reactive ketones (excluding diaryl/α,β-unsaturated/α-hetero) is 1. The Balaban J connectivity index is 2.47. The van der Waals surface area contributed by atoms with E-state index in [2.05, 4.69) is 10.3 Å². The van der Waals surface area contributed by atoms with E-state index in [1.807, 2.05) is 24.7 Å². The molecule has 0 aliphatic heterocycles. The Morgan fingerprint density at radius 3 is 3.07 bits per heavy atom. The van der Waals surface area contributed by atoms with E-state index in [0.717, 1.165) is 18.9 Å². The fourth-order valence-electron chi connectivity index (χ4n) is 1.32. The van der Waals surface area contributed by atoms with E-state index in [4.69, 9.17) is 0 Å². The van der Waals surface area contributed by atoms with Gasteiger partial charge in [0.1, 0.15) is 11.6 Å². The van der Waals surface area contributed by atoms with Crippen LogP contribution in [0, 0.1) is 0 Å². The molecule has 1 rings (SSSR count). The number of carbonyl (C=O) groups excluding carboxylic acids is 1. The van der Waals surface area contributed by atoms with Crippen LogP contribution in [0.1, 0.15) is 19.2 Å². The first kappa shape index (κ1) is 10.9. The normalized spacial score (nSPS) is 10.4. The van der Waals surface area contributed by atoms with Crippen LogP contribution in [0.25, 0.3) is 0 Å². The first-order valence-electron chi connectivity index (χ1n) is 4.94. The van der Waals surface area contributed by atoms with Gasteiger partial charge in [0.2, 0.25) is 0 Å². The minimum Gasteiger partial charge on any atom is -0.335 e. The van der Waals surface area contributed by atoms with Crippen LogP contribution in [0.4, 0.5) is 0 Å². The summed E-state index contributed by atoms with van der Waals surface area (Å²) < 4.78 is 2.00. The Labute approximate surface area is 84.3 Å². The molecule has 0 saturated heterocycles. The van der Waals surface area contributed by atoms with Crippen LogP contribution in [0.2, 0.25) is 0 Å². The average molecular weight is 195 g/mol. The minimum absolute atomic E-state index is 0.236. The topological polar surface area (TPSA) is 46.9 Å². The third kappa shape index (κ3) is 2.96. The molecule has 0 bridgehead atoms. The van der Waals surface area contributed by atoms with Crippen molar-refractivity contribution in [1.82, 2.24) is 14.9 Å². The number of nitrogens with one attached hydrogen (secondary N) is 1. The Morgan fingerprint density at radius 2 is 2.43 bits per heavy atom. The molecule has 0 aliphatic rings. The Morgan fingerprint density at radius 1 is 1.64 bits per heavy atom. The Kier molecular flexibility index (Phi) is 4.32. The van der Waals surface area contributed by atoms with Crippen LogP contribution >= 0.6 is 0 Å². The second-order valence-electron chi connectivity index (χ2n) is 3.20. The number of aryl methyl sites for hydroxylation is 1. The molecule has 0 aromatic carbocycles. The van der Waals surface area contributed by atoms with Crippen molar-refractivity contribution in [2.75, 3.05) is 13.6 Å². The number of hydrogen-bond donors (Lipinski definition) is 1. The summed E-state index contributed by atoms with van der Waals surface area (Å²) >= 11 is 0.